The van der Waals surface area contributed by atoms with Crippen LogP contribution in [0, 0.1) is 26.6 Å². The topological polar surface area (TPSA) is 35.2 Å². The van der Waals surface area contributed by atoms with Crippen LogP contribution in [-0.2, 0) is 6.61 Å². The molecule has 0 aromatic heterocycles. The molecular formula is C16H18FNO. The predicted molar refractivity (Wildman–Crippen MR) is 75.8 cm³/mol. The Morgan fingerprint density at radius 2 is 1.84 bits per heavy atom. The number of halogens is 1. The van der Waals surface area contributed by atoms with Crippen molar-refractivity contribution in [3.8, 4) is 5.75 Å². The third-order valence-corrected chi connectivity index (χ3v) is 3.22. The fourth-order valence-corrected chi connectivity index (χ4v) is 1.99. The molecule has 19 heavy (non-hydrogen) atoms. The molecule has 0 aliphatic heterocycles. The molecular weight excluding hydrogens is 241 g/mol. The predicted octanol–water partition coefficient (Wildman–Crippen LogP) is 3.91. The highest BCUT2D eigenvalue weighted by Gasteiger charge is 2.07. The average Bonchev–Trinajstić information content (AvgIpc) is 2.33. The summed E-state index contributed by atoms with van der Waals surface area (Å²) in [4.78, 5) is 0. The molecule has 0 saturated carbocycles. The van der Waals surface area contributed by atoms with Gasteiger partial charge < -0.3 is 10.5 Å². The minimum absolute atomic E-state index is 0.204. The number of nitrogen functional groups attached to an aromatic ring is 1. The van der Waals surface area contributed by atoms with Crippen molar-refractivity contribution in [1.29, 1.82) is 0 Å². The summed E-state index contributed by atoms with van der Waals surface area (Å²) in [5.41, 5.74) is 9.84. The van der Waals surface area contributed by atoms with E-state index in [1.807, 2.05) is 26.8 Å². The Bertz CT molecular complexity index is 608. The van der Waals surface area contributed by atoms with E-state index in [1.54, 1.807) is 12.1 Å². The third-order valence-electron chi connectivity index (χ3n) is 3.22. The van der Waals surface area contributed by atoms with Crippen molar-refractivity contribution in [3.05, 3.63) is 58.4 Å². The lowest BCUT2D eigenvalue weighted by molar-refractivity contribution is 0.297. The Hall–Kier alpha value is -2.03. The molecule has 3 heteroatoms. The van der Waals surface area contributed by atoms with Gasteiger partial charge in [0, 0.05) is 11.3 Å². The molecule has 0 atom stereocenters. The molecule has 0 radical (unpaired) electrons. The lowest BCUT2D eigenvalue weighted by Gasteiger charge is -2.13. The maximum absolute atomic E-state index is 13.7. The Kier molecular flexibility index (Phi) is 3.74. The highest BCUT2D eigenvalue weighted by atomic mass is 19.1. The number of aryl methyl sites for hydroxylation is 2. The average molecular weight is 259 g/mol. The molecule has 2 nitrogen and oxygen atoms in total. The standard InChI is InChI=1S/C16H18FNO/c1-10-6-11(2)12(3)16(7-10)19-9-13-4-5-14(18)8-15(13)17/h4-8H,9,18H2,1-3H3. The summed E-state index contributed by atoms with van der Waals surface area (Å²) in [5.74, 6) is 0.468. The summed E-state index contributed by atoms with van der Waals surface area (Å²) in [5, 5.41) is 0. The van der Waals surface area contributed by atoms with Gasteiger partial charge in [0.25, 0.3) is 0 Å². The highest BCUT2D eigenvalue weighted by Crippen LogP contribution is 2.24. The lowest BCUT2D eigenvalue weighted by Crippen LogP contribution is -2.01. The van der Waals surface area contributed by atoms with E-state index in [4.69, 9.17) is 10.5 Å². The molecule has 0 amide bonds. The fraction of sp³-hybridized carbons (Fsp3) is 0.250. The molecule has 2 aromatic carbocycles. The van der Waals surface area contributed by atoms with Crippen molar-refractivity contribution in [2.75, 3.05) is 5.73 Å². The summed E-state index contributed by atoms with van der Waals surface area (Å²) >= 11 is 0. The smallest absolute Gasteiger partial charge is 0.131 e. The van der Waals surface area contributed by atoms with Crippen molar-refractivity contribution >= 4 is 5.69 Å². The molecule has 2 N–H and O–H groups in total. The summed E-state index contributed by atoms with van der Waals surface area (Å²) in [7, 11) is 0. The molecule has 0 aliphatic carbocycles. The molecule has 2 rings (SSSR count). The highest BCUT2D eigenvalue weighted by molar-refractivity contribution is 5.43. The second-order valence-corrected chi connectivity index (χ2v) is 4.84. The van der Waals surface area contributed by atoms with Crippen LogP contribution in [0.25, 0.3) is 0 Å². The largest absolute Gasteiger partial charge is 0.489 e. The normalized spacial score (nSPS) is 10.5. The van der Waals surface area contributed by atoms with Crippen molar-refractivity contribution in [2.45, 2.75) is 27.4 Å². The van der Waals surface area contributed by atoms with E-state index >= 15 is 0 Å². The van der Waals surface area contributed by atoms with Gasteiger partial charge in [-0.05, 0) is 55.7 Å². The monoisotopic (exact) mass is 259 g/mol. The summed E-state index contributed by atoms with van der Waals surface area (Å²) in [6, 6.07) is 8.72. The van der Waals surface area contributed by atoms with E-state index in [0.29, 0.717) is 11.3 Å². The van der Waals surface area contributed by atoms with E-state index in [-0.39, 0.29) is 12.4 Å². The molecule has 0 heterocycles. The maximum Gasteiger partial charge on any atom is 0.131 e. The van der Waals surface area contributed by atoms with Gasteiger partial charge >= 0.3 is 0 Å². The van der Waals surface area contributed by atoms with Gasteiger partial charge in [-0.1, -0.05) is 12.1 Å². The van der Waals surface area contributed by atoms with E-state index in [0.717, 1.165) is 16.9 Å². The van der Waals surface area contributed by atoms with Crippen LogP contribution in [0.4, 0.5) is 10.1 Å². The van der Waals surface area contributed by atoms with Crippen molar-refractivity contribution < 1.29 is 9.13 Å². The first-order chi connectivity index (χ1) is 8.97. The first-order valence-electron chi connectivity index (χ1n) is 6.22. The lowest BCUT2D eigenvalue weighted by atomic mass is 10.1. The number of hydrogen-bond donors (Lipinski definition) is 1. The molecule has 0 aliphatic rings. The number of nitrogens with two attached hydrogens (primary N) is 1. The van der Waals surface area contributed by atoms with Gasteiger partial charge in [-0.25, -0.2) is 4.39 Å². The summed E-state index contributed by atoms with van der Waals surface area (Å²) < 4.78 is 19.4. The number of benzene rings is 2. The number of ether oxygens (including phenoxy) is 1. The van der Waals surface area contributed by atoms with Crippen LogP contribution in [0.5, 0.6) is 5.75 Å². The first-order valence-corrected chi connectivity index (χ1v) is 6.22. The minimum atomic E-state index is -0.331. The van der Waals surface area contributed by atoms with Crippen LogP contribution in [0.15, 0.2) is 30.3 Å². The maximum atomic E-state index is 13.7. The summed E-state index contributed by atoms with van der Waals surface area (Å²) in [6.45, 7) is 6.27. The molecule has 0 unspecified atom stereocenters. The minimum Gasteiger partial charge on any atom is -0.489 e. The first kappa shape index (κ1) is 13.4. The molecule has 0 fully saturated rings. The van der Waals surface area contributed by atoms with E-state index < -0.39 is 0 Å². The number of rotatable bonds is 3. The Morgan fingerprint density at radius 1 is 1.11 bits per heavy atom. The number of hydrogen-bond acceptors (Lipinski definition) is 2. The Morgan fingerprint density at radius 3 is 2.53 bits per heavy atom. The van der Waals surface area contributed by atoms with Crippen LogP contribution in [-0.4, -0.2) is 0 Å². The fourth-order valence-electron chi connectivity index (χ4n) is 1.99. The van der Waals surface area contributed by atoms with Gasteiger partial charge in [0.2, 0.25) is 0 Å². The number of anilines is 1. The molecule has 100 valence electrons. The van der Waals surface area contributed by atoms with Crippen molar-refractivity contribution in [1.82, 2.24) is 0 Å². The van der Waals surface area contributed by atoms with Gasteiger partial charge in [0.1, 0.15) is 18.2 Å². The van der Waals surface area contributed by atoms with Gasteiger partial charge in [-0.15, -0.1) is 0 Å². The molecule has 0 bridgehead atoms. The zero-order valence-electron chi connectivity index (χ0n) is 11.5. The SMILES string of the molecule is Cc1cc(C)c(C)c(OCc2ccc(N)cc2F)c1. The van der Waals surface area contributed by atoms with Crippen LogP contribution in [0.3, 0.4) is 0 Å². The zero-order valence-corrected chi connectivity index (χ0v) is 11.5. The van der Waals surface area contributed by atoms with Gasteiger partial charge in [-0.2, -0.15) is 0 Å². The van der Waals surface area contributed by atoms with Gasteiger partial charge in [-0.3, -0.25) is 0 Å². The Labute approximate surface area is 113 Å². The van der Waals surface area contributed by atoms with Gasteiger partial charge in [0.15, 0.2) is 0 Å². The van der Waals surface area contributed by atoms with E-state index in [1.165, 1.54) is 11.6 Å². The summed E-state index contributed by atoms with van der Waals surface area (Å²) in [6.07, 6.45) is 0. The molecule has 0 saturated heterocycles. The zero-order chi connectivity index (χ0) is 14.0. The molecule has 2 aromatic rings. The van der Waals surface area contributed by atoms with Gasteiger partial charge in [0.05, 0.1) is 0 Å². The van der Waals surface area contributed by atoms with Crippen molar-refractivity contribution in [3.63, 3.8) is 0 Å². The van der Waals surface area contributed by atoms with Crippen LogP contribution in [0.1, 0.15) is 22.3 Å². The van der Waals surface area contributed by atoms with Crippen LogP contribution < -0.4 is 10.5 Å². The van der Waals surface area contributed by atoms with Crippen molar-refractivity contribution in [2.24, 2.45) is 0 Å². The quantitative estimate of drug-likeness (QED) is 0.848. The second-order valence-electron chi connectivity index (χ2n) is 4.84. The second kappa shape index (κ2) is 5.31. The Balaban J connectivity index is 2.19. The van der Waals surface area contributed by atoms with E-state index in [2.05, 4.69) is 6.07 Å². The van der Waals surface area contributed by atoms with E-state index in [9.17, 15) is 4.39 Å². The van der Waals surface area contributed by atoms with Crippen LogP contribution in [0.2, 0.25) is 0 Å². The molecule has 0 spiro atoms. The third kappa shape index (κ3) is 3.05. The van der Waals surface area contributed by atoms with Crippen LogP contribution >= 0.6 is 0 Å².